The molecule has 6 heteroatoms. The number of rotatable bonds is 7. The fourth-order valence-electron chi connectivity index (χ4n) is 3.24. The Morgan fingerprint density at radius 3 is 2.58 bits per heavy atom. The van der Waals surface area contributed by atoms with E-state index in [4.69, 9.17) is 4.74 Å². The molecule has 6 nitrogen and oxygen atoms in total. The Balaban J connectivity index is 2.00. The number of hydrogen-bond acceptors (Lipinski definition) is 4. The van der Waals surface area contributed by atoms with Crippen LogP contribution in [-0.4, -0.2) is 62.7 Å². The molecule has 0 bridgehead atoms. The Bertz CT molecular complexity index is 625. The van der Waals surface area contributed by atoms with Crippen molar-refractivity contribution >= 4 is 17.5 Å². The zero-order valence-electron chi connectivity index (χ0n) is 16.4. The van der Waals surface area contributed by atoms with Crippen LogP contribution >= 0.6 is 0 Å². The Kier molecular flexibility index (Phi) is 7.60. The molecule has 1 aromatic carbocycles. The summed E-state index contributed by atoms with van der Waals surface area (Å²) in [5.41, 5.74) is 2.95. The number of carbonyl (C=O) groups excluding carboxylic acids is 2. The molecule has 1 aliphatic heterocycles. The van der Waals surface area contributed by atoms with Gasteiger partial charge in [0.2, 0.25) is 11.8 Å². The van der Waals surface area contributed by atoms with Crippen LogP contribution in [-0.2, 0) is 14.3 Å². The predicted octanol–water partition coefficient (Wildman–Crippen LogP) is 1.92. The van der Waals surface area contributed by atoms with E-state index in [9.17, 15) is 9.59 Å². The highest BCUT2D eigenvalue weighted by molar-refractivity contribution is 5.98. The number of nitrogens with zero attached hydrogens (tertiary/aromatic N) is 2. The van der Waals surface area contributed by atoms with Gasteiger partial charge in [-0.2, -0.15) is 0 Å². The van der Waals surface area contributed by atoms with Crippen LogP contribution in [0, 0.1) is 6.92 Å². The van der Waals surface area contributed by atoms with Gasteiger partial charge >= 0.3 is 0 Å². The summed E-state index contributed by atoms with van der Waals surface area (Å²) >= 11 is 0. The summed E-state index contributed by atoms with van der Waals surface area (Å²) in [4.78, 5) is 28.5. The summed E-state index contributed by atoms with van der Waals surface area (Å²) in [6.45, 7) is 12.4. The highest BCUT2D eigenvalue weighted by Gasteiger charge is 2.21. The van der Waals surface area contributed by atoms with E-state index >= 15 is 0 Å². The van der Waals surface area contributed by atoms with E-state index < -0.39 is 0 Å². The molecule has 0 radical (unpaired) electrons. The van der Waals surface area contributed by atoms with Gasteiger partial charge in [0.25, 0.3) is 0 Å². The molecule has 0 aromatic heterocycles. The number of anilines is 1. The molecule has 0 atom stereocenters. The first kappa shape index (κ1) is 20.4. The van der Waals surface area contributed by atoms with Crippen molar-refractivity contribution in [1.29, 1.82) is 0 Å². The second kappa shape index (κ2) is 9.69. The summed E-state index contributed by atoms with van der Waals surface area (Å²) in [5, 5.41) is 2.94. The molecule has 1 aromatic rings. The van der Waals surface area contributed by atoms with Crippen LogP contribution in [0.4, 0.5) is 5.69 Å². The van der Waals surface area contributed by atoms with Gasteiger partial charge in [0.15, 0.2) is 0 Å². The van der Waals surface area contributed by atoms with E-state index in [0.717, 1.165) is 49.7 Å². The molecule has 1 saturated heterocycles. The van der Waals surface area contributed by atoms with E-state index in [0.29, 0.717) is 6.54 Å². The van der Waals surface area contributed by atoms with Crippen molar-refractivity contribution in [2.75, 3.05) is 50.8 Å². The van der Waals surface area contributed by atoms with Gasteiger partial charge in [-0.3, -0.25) is 14.5 Å². The number of amides is 2. The van der Waals surface area contributed by atoms with Gasteiger partial charge in [0.05, 0.1) is 18.9 Å². The molecule has 1 aliphatic rings. The van der Waals surface area contributed by atoms with E-state index in [2.05, 4.69) is 24.1 Å². The number of hydrogen-bond donors (Lipinski definition) is 1. The molecule has 144 valence electrons. The summed E-state index contributed by atoms with van der Waals surface area (Å²) < 4.78 is 5.32. The second-order valence-electron chi connectivity index (χ2n) is 7.08. The van der Waals surface area contributed by atoms with E-state index in [1.807, 2.05) is 25.1 Å². The third-order valence-corrected chi connectivity index (χ3v) is 4.70. The Morgan fingerprint density at radius 2 is 1.96 bits per heavy atom. The minimum Gasteiger partial charge on any atom is -0.379 e. The van der Waals surface area contributed by atoms with Crippen LogP contribution in [0.2, 0.25) is 0 Å². The van der Waals surface area contributed by atoms with Crippen LogP contribution in [0.3, 0.4) is 0 Å². The molecule has 0 aliphatic carbocycles. The first-order valence-electron chi connectivity index (χ1n) is 9.34. The molecule has 1 fully saturated rings. The normalized spacial score (nSPS) is 15.1. The zero-order chi connectivity index (χ0) is 19.1. The summed E-state index contributed by atoms with van der Waals surface area (Å²) in [7, 11) is 0. The van der Waals surface area contributed by atoms with Gasteiger partial charge in [0, 0.05) is 33.1 Å². The Hall–Kier alpha value is -1.92. The molecule has 1 N–H and O–H groups in total. The van der Waals surface area contributed by atoms with Crippen LogP contribution < -0.4 is 10.2 Å². The monoisotopic (exact) mass is 361 g/mol. The average Bonchev–Trinajstić information content (AvgIpc) is 2.60. The van der Waals surface area contributed by atoms with Crippen molar-refractivity contribution in [1.82, 2.24) is 10.2 Å². The van der Waals surface area contributed by atoms with Crippen molar-refractivity contribution < 1.29 is 14.3 Å². The standard InChI is InChI=1S/C20H31N3O3/c1-15(2)18-7-5-6-16(3)20(18)23(17(4)24)14-19(25)21-8-9-22-10-12-26-13-11-22/h5-7,15H,8-14H2,1-4H3,(H,21,25). The van der Waals surface area contributed by atoms with E-state index in [1.165, 1.54) is 6.92 Å². The van der Waals surface area contributed by atoms with Crippen molar-refractivity contribution in [2.45, 2.75) is 33.6 Å². The predicted molar refractivity (Wildman–Crippen MR) is 104 cm³/mol. The van der Waals surface area contributed by atoms with Crippen LogP contribution in [0.5, 0.6) is 0 Å². The van der Waals surface area contributed by atoms with Gasteiger partial charge in [-0.15, -0.1) is 0 Å². The zero-order valence-corrected chi connectivity index (χ0v) is 16.4. The largest absolute Gasteiger partial charge is 0.379 e. The number of aryl methyl sites for hydroxylation is 1. The summed E-state index contributed by atoms with van der Waals surface area (Å²) in [6, 6.07) is 6.00. The molecular weight excluding hydrogens is 330 g/mol. The minimum absolute atomic E-state index is 0.0447. The molecule has 0 unspecified atom stereocenters. The molecule has 2 amide bonds. The number of morpholine rings is 1. The molecule has 1 heterocycles. The quantitative estimate of drug-likeness (QED) is 0.806. The van der Waals surface area contributed by atoms with Gasteiger partial charge in [-0.1, -0.05) is 32.0 Å². The molecule has 26 heavy (non-hydrogen) atoms. The van der Waals surface area contributed by atoms with Gasteiger partial charge in [0.1, 0.15) is 6.54 Å². The molecular formula is C20H31N3O3. The number of carbonyl (C=O) groups is 2. The number of benzene rings is 1. The van der Waals surface area contributed by atoms with Crippen LogP contribution in [0.15, 0.2) is 18.2 Å². The second-order valence-corrected chi connectivity index (χ2v) is 7.08. The van der Waals surface area contributed by atoms with Crippen molar-refractivity contribution in [3.8, 4) is 0 Å². The highest BCUT2D eigenvalue weighted by atomic mass is 16.5. The Labute approximate surface area is 156 Å². The molecule has 0 spiro atoms. The number of nitrogens with one attached hydrogen (secondary N) is 1. The SMILES string of the molecule is CC(=O)N(CC(=O)NCCN1CCOCC1)c1c(C)cccc1C(C)C. The van der Waals surface area contributed by atoms with E-state index in [-0.39, 0.29) is 24.3 Å². The van der Waals surface area contributed by atoms with Gasteiger partial charge in [-0.05, 0) is 24.0 Å². The third kappa shape index (κ3) is 5.54. The third-order valence-electron chi connectivity index (χ3n) is 4.70. The lowest BCUT2D eigenvalue weighted by molar-refractivity contribution is -0.123. The lowest BCUT2D eigenvalue weighted by atomic mass is 9.97. The average molecular weight is 361 g/mol. The highest BCUT2D eigenvalue weighted by Crippen LogP contribution is 2.30. The maximum absolute atomic E-state index is 12.4. The minimum atomic E-state index is -0.133. The lowest BCUT2D eigenvalue weighted by Gasteiger charge is -2.28. The van der Waals surface area contributed by atoms with Crippen LogP contribution in [0.1, 0.15) is 37.8 Å². The maximum atomic E-state index is 12.4. The molecule has 0 saturated carbocycles. The fraction of sp³-hybridized carbons (Fsp3) is 0.600. The topological polar surface area (TPSA) is 61.9 Å². The molecule has 2 rings (SSSR count). The summed E-state index contributed by atoms with van der Waals surface area (Å²) in [6.07, 6.45) is 0. The maximum Gasteiger partial charge on any atom is 0.240 e. The number of para-hydroxylation sites is 1. The number of ether oxygens (including phenoxy) is 1. The van der Waals surface area contributed by atoms with Crippen molar-refractivity contribution in [3.63, 3.8) is 0 Å². The smallest absolute Gasteiger partial charge is 0.240 e. The lowest BCUT2D eigenvalue weighted by Crippen LogP contribution is -2.44. The van der Waals surface area contributed by atoms with Crippen LogP contribution in [0.25, 0.3) is 0 Å². The van der Waals surface area contributed by atoms with Gasteiger partial charge < -0.3 is 15.0 Å². The fourth-order valence-corrected chi connectivity index (χ4v) is 3.24. The van der Waals surface area contributed by atoms with Crippen molar-refractivity contribution in [2.24, 2.45) is 0 Å². The first-order valence-corrected chi connectivity index (χ1v) is 9.34. The van der Waals surface area contributed by atoms with E-state index in [1.54, 1.807) is 4.90 Å². The van der Waals surface area contributed by atoms with Crippen molar-refractivity contribution in [3.05, 3.63) is 29.3 Å². The first-order chi connectivity index (χ1) is 12.4. The summed E-state index contributed by atoms with van der Waals surface area (Å²) in [5.74, 6) is 0.0204. The van der Waals surface area contributed by atoms with Gasteiger partial charge in [-0.25, -0.2) is 0 Å². The Morgan fingerprint density at radius 1 is 1.27 bits per heavy atom.